The first-order valence-corrected chi connectivity index (χ1v) is 8.29. The van der Waals surface area contributed by atoms with E-state index in [-0.39, 0.29) is 5.91 Å². The van der Waals surface area contributed by atoms with Crippen LogP contribution < -0.4 is 4.74 Å². The van der Waals surface area contributed by atoms with Crippen molar-refractivity contribution < 1.29 is 9.53 Å². The summed E-state index contributed by atoms with van der Waals surface area (Å²) in [7, 11) is 3.47. The van der Waals surface area contributed by atoms with Crippen molar-refractivity contribution in [2.24, 2.45) is 0 Å². The fourth-order valence-corrected chi connectivity index (χ4v) is 3.06. The molecule has 0 saturated carbocycles. The van der Waals surface area contributed by atoms with E-state index in [1.807, 2.05) is 69.4 Å². The van der Waals surface area contributed by atoms with Crippen molar-refractivity contribution in [2.45, 2.75) is 25.8 Å². The molecule has 0 atom stereocenters. The van der Waals surface area contributed by atoms with E-state index in [1.165, 1.54) is 0 Å². The first-order valence-electron chi connectivity index (χ1n) is 7.49. The predicted octanol–water partition coefficient (Wildman–Crippen LogP) is 4.39. The van der Waals surface area contributed by atoms with Gasteiger partial charge in [0.2, 0.25) is 5.91 Å². The largest absolute Gasteiger partial charge is 0.496 e. The Morgan fingerprint density at radius 2 is 1.83 bits per heavy atom. The van der Waals surface area contributed by atoms with Gasteiger partial charge in [-0.3, -0.25) is 4.79 Å². The smallest absolute Gasteiger partial charge is 0.232 e. The summed E-state index contributed by atoms with van der Waals surface area (Å²) in [4.78, 5) is 14.7. The highest BCUT2D eigenvalue weighted by molar-refractivity contribution is 9.10. The van der Waals surface area contributed by atoms with E-state index in [4.69, 9.17) is 4.74 Å². The zero-order valence-corrected chi connectivity index (χ0v) is 15.6. The lowest BCUT2D eigenvalue weighted by molar-refractivity contribution is -0.135. The topological polar surface area (TPSA) is 29.5 Å². The minimum atomic E-state index is -0.574. The number of ether oxygens (including phenoxy) is 1. The maximum atomic E-state index is 12.9. The van der Waals surface area contributed by atoms with Crippen LogP contribution in [0.1, 0.15) is 25.0 Å². The van der Waals surface area contributed by atoms with E-state index in [0.29, 0.717) is 6.54 Å². The number of methoxy groups -OCH3 is 1. The number of benzene rings is 2. The number of hydrogen-bond acceptors (Lipinski definition) is 2. The Morgan fingerprint density at radius 3 is 2.43 bits per heavy atom. The Bertz CT molecular complexity index is 683. The highest BCUT2D eigenvalue weighted by Crippen LogP contribution is 2.28. The van der Waals surface area contributed by atoms with Gasteiger partial charge in [0, 0.05) is 23.6 Å². The summed E-state index contributed by atoms with van der Waals surface area (Å²) < 4.78 is 6.36. The van der Waals surface area contributed by atoms with Crippen LogP contribution in [0.2, 0.25) is 0 Å². The minimum absolute atomic E-state index is 0.0747. The van der Waals surface area contributed by atoms with Crippen molar-refractivity contribution in [1.82, 2.24) is 4.90 Å². The van der Waals surface area contributed by atoms with E-state index < -0.39 is 5.41 Å². The van der Waals surface area contributed by atoms with Gasteiger partial charge in [0.25, 0.3) is 0 Å². The number of hydrogen-bond donors (Lipinski definition) is 0. The molecule has 2 aromatic rings. The third kappa shape index (κ3) is 3.94. The van der Waals surface area contributed by atoms with Crippen molar-refractivity contribution >= 4 is 21.8 Å². The molecule has 23 heavy (non-hydrogen) atoms. The molecule has 0 N–H and O–H groups in total. The molecule has 0 spiro atoms. The monoisotopic (exact) mass is 375 g/mol. The molecule has 3 nitrogen and oxygen atoms in total. The lowest BCUT2D eigenvalue weighted by atomic mass is 9.83. The molecule has 0 aliphatic rings. The minimum Gasteiger partial charge on any atom is -0.496 e. The summed E-state index contributed by atoms with van der Waals surface area (Å²) >= 11 is 3.47. The van der Waals surface area contributed by atoms with Gasteiger partial charge >= 0.3 is 0 Å². The third-order valence-corrected chi connectivity index (χ3v) is 4.52. The van der Waals surface area contributed by atoms with Crippen LogP contribution in [-0.4, -0.2) is 25.0 Å². The highest BCUT2D eigenvalue weighted by atomic mass is 79.9. The van der Waals surface area contributed by atoms with Crippen LogP contribution in [0.5, 0.6) is 5.75 Å². The molecule has 0 radical (unpaired) electrons. The first kappa shape index (κ1) is 17.5. The molecule has 0 fully saturated rings. The van der Waals surface area contributed by atoms with Crippen LogP contribution in [-0.2, 0) is 16.8 Å². The Labute approximate surface area is 146 Å². The molecule has 0 aromatic heterocycles. The molecule has 1 amide bonds. The van der Waals surface area contributed by atoms with Crippen LogP contribution >= 0.6 is 15.9 Å². The Morgan fingerprint density at radius 1 is 1.17 bits per heavy atom. The van der Waals surface area contributed by atoms with Crippen LogP contribution in [0.15, 0.2) is 53.0 Å². The van der Waals surface area contributed by atoms with E-state index in [2.05, 4.69) is 15.9 Å². The van der Waals surface area contributed by atoms with E-state index >= 15 is 0 Å². The second-order valence-electron chi connectivity index (χ2n) is 6.11. The highest BCUT2D eigenvalue weighted by Gasteiger charge is 2.32. The maximum Gasteiger partial charge on any atom is 0.232 e. The van der Waals surface area contributed by atoms with Crippen LogP contribution in [0.3, 0.4) is 0 Å². The quantitative estimate of drug-likeness (QED) is 0.775. The zero-order chi connectivity index (χ0) is 17.0. The zero-order valence-electron chi connectivity index (χ0n) is 14.0. The molecule has 0 unspecified atom stereocenters. The molecule has 2 aromatic carbocycles. The lowest BCUT2D eigenvalue weighted by Crippen LogP contribution is -2.41. The molecule has 122 valence electrons. The second-order valence-corrected chi connectivity index (χ2v) is 7.02. The number of halogens is 1. The van der Waals surface area contributed by atoms with Gasteiger partial charge in [0.1, 0.15) is 5.75 Å². The standard InChI is InChI=1S/C19H22BrNO2/c1-19(2,15-8-6-5-7-9-15)18(22)21(3)13-14-12-16(20)10-11-17(14)23-4/h5-12H,13H2,1-4H3. The van der Waals surface area contributed by atoms with Crippen molar-refractivity contribution in [3.05, 3.63) is 64.1 Å². The second kappa shape index (κ2) is 7.18. The fourth-order valence-electron chi connectivity index (χ4n) is 2.65. The van der Waals surface area contributed by atoms with Crippen molar-refractivity contribution in [3.63, 3.8) is 0 Å². The maximum absolute atomic E-state index is 12.9. The number of likely N-dealkylation sites (N-methyl/N-ethyl adjacent to an activating group) is 1. The average molecular weight is 376 g/mol. The van der Waals surface area contributed by atoms with Gasteiger partial charge < -0.3 is 9.64 Å². The van der Waals surface area contributed by atoms with E-state index in [9.17, 15) is 4.79 Å². The van der Waals surface area contributed by atoms with Gasteiger partial charge in [0.05, 0.1) is 12.5 Å². The lowest BCUT2D eigenvalue weighted by Gasteiger charge is -2.30. The molecule has 0 aliphatic heterocycles. The molecule has 2 rings (SSSR count). The number of nitrogens with zero attached hydrogens (tertiary/aromatic N) is 1. The summed E-state index contributed by atoms with van der Waals surface area (Å²) in [5.41, 5.74) is 1.41. The number of amides is 1. The van der Waals surface area contributed by atoms with Gasteiger partial charge in [-0.15, -0.1) is 0 Å². The summed E-state index contributed by atoms with van der Waals surface area (Å²) in [5.74, 6) is 0.857. The third-order valence-electron chi connectivity index (χ3n) is 4.03. The predicted molar refractivity (Wildman–Crippen MR) is 96.6 cm³/mol. The van der Waals surface area contributed by atoms with Crippen LogP contribution in [0.25, 0.3) is 0 Å². The van der Waals surface area contributed by atoms with Crippen molar-refractivity contribution in [3.8, 4) is 5.75 Å². The van der Waals surface area contributed by atoms with Gasteiger partial charge in [-0.05, 0) is 37.6 Å². The van der Waals surface area contributed by atoms with E-state index in [1.54, 1.807) is 12.0 Å². The number of carbonyl (C=O) groups excluding carboxylic acids is 1. The Hall–Kier alpha value is -1.81. The molecule has 0 heterocycles. The fraction of sp³-hybridized carbons (Fsp3) is 0.316. The number of rotatable bonds is 5. The molecular formula is C19H22BrNO2. The summed E-state index contributed by atoms with van der Waals surface area (Å²) in [5, 5.41) is 0. The Kier molecular flexibility index (Phi) is 5.47. The van der Waals surface area contributed by atoms with Crippen LogP contribution in [0, 0.1) is 0 Å². The molecule has 0 saturated heterocycles. The SMILES string of the molecule is COc1ccc(Br)cc1CN(C)C(=O)C(C)(C)c1ccccc1. The molecular weight excluding hydrogens is 354 g/mol. The van der Waals surface area contributed by atoms with Gasteiger partial charge in [-0.25, -0.2) is 0 Å². The average Bonchev–Trinajstić information content (AvgIpc) is 2.55. The number of carbonyl (C=O) groups is 1. The molecule has 0 bridgehead atoms. The Balaban J connectivity index is 2.22. The van der Waals surface area contributed by atoms with Crippen LogP contribution in [0.4, 0.5) is 0 Å². The normalized spacial score (nSPS) is 11.2. The molecule has 4 heteroatoms. The van der Waals surface area contributed by atoms with Crippen molar-refractivity contribution in [1.29, 1.82) is 0 Å². The summed E-state index contributed by atoms with van der Waals surface area (Å²) in [6, 6.07) is 15.7. The van der Waals surface area contributed by atoms with E-state index in [0.717, 1.165) is 21.3 Å². The van der Waals surface area contributed by atoms with Crippen molar-refractivity contribution in [2.75, 3.05) is 14.2 Å². The first-order chi connectivity index (χ1) is 10.9. The summed E-state index contributed by atoms with van der Waals surface area (Å²) in [6.45, 7) is 4.41. The van der Waals surface area contributed by atoms with Gasteiger partial charge in [0.15, 0.2) is 0 Å². The van der Waals surface area contributed by atoms with Gasteiger partial charge in [-0.1, -0.05) is 46.3 Å². The van der Waals surface area contributed by atoms with Gasteiger partial charge in [-0.2, -0.15) is 0 Å². The molecule has 0 aliphatic carbocycles. The summed E-state index contributed by atoms with van der Waals surface area (Å²) in [6.07, 6.45) is 0.